The molecule has 0 aliphatic carbocycles. The van der Waals surface area contributed by atoms with Crippen molar-refractivity contribution >= 4 is 10.1 Å². The molecule has 0 amide bonds. The van der Waals surface area contributed by atoms with Gasteiger partial charge in [0.2, 0.25) is 0 Å². The van der Waals surface area contributed by atoms with Gasteiger partial charge in [0.1, 0.15) is 0 Å². The van der Waals surface area contributed by atoms with E-state index in [0.717, 1.165) is 13.0 Å². The zero-order chi connectivity index (χ0) is 11.9. The average Bonchev–Trinajstić information content (AvgIpc) is 2.08. The molecule has 0 aromatic rings. The van der Waals surface area contributed by atoms with Crippen LogP contribution in [-0.2, 0) is 10.1 Å². The maximum absolute atomic E-state index is 10.5. The van der Waals surface area contributed by atoms with E-state index in [1.54, 1.807) is 0 Å². The van der Waals surface area contributed by atoms with Crippen LogP contribution >= 0.6 is 0 Å². The zero-order valence-corrected chi connectivity index (χ0v) is 10.2. The second-order valence-electron chi connectivity index (χ2n) is 4.03. The van der Waals surface area contributed by atoms with Crippen molar-refractivity contribution in [1.29, 1.82) is 0 Å². The van der Waals surface area contributed by atoms with Crippen molar-refractivity contribution in [1.82, 2.24) is 4.90 Å². The largest absolute Gasteiger partial charge is 0.395 e. The summed E-state index contributed by atoms with van der Waals surface area (Å²) in [4.78, 5) is 1.84. The first-order valence-corrected chi connectivity index (χ1v) is 6.74. The van der Waals surface area contributed by atoms with Gasteiger partial charge < -0.3 is 5.11 Å². The van der Waals surface area contributed by atoms with Gasteiger partial charge in [-0.1, -0.05) is 13.8 Å². The molecular weight excluding hydrogens is 218 g/mol. The summed E-state index contributed by atoms with van der Waals surface area (Å²) in [5, 5.41) is 8.78. The van der Waals surface area contributed by atoms with Crippen molar-refractivity contribution in [2.45, 2.75) is 20.3 Å². The van der Waals surface area contributed by atoms with Crippen molar-refractivity contribution in [3.05, 3.63) is 0 Å². The van der Waals surface area contributed by atoms with Crippen molar-refractivity contribution in [3.8, 4) is 0 Å². The molecule has 0 unspecified atom stereocenters. The Kier molecular flexibility index (Phi) is 7.08. The van der Waals surface area contributed by atoms with Crippen LogP contribution in [0.15, 0.2) is 0 Å². The molecule has 0 saturated heterocycles. The monoisotopic (exact) mass is 239 g/mol. The van der Waals surface area contributed by atoms with Crippen molar-refractivity contribution < 1.29 is 18.1 Å². The maximum Gasteiger partial charge on any atom is 0.266 e. The minimum absolute atomic E-state index is 0.00354. The Balaban J connectivity index is 3.93. The third kappa shape index (κ3) is 10.1. The Morgan fingerprint density at radius 2 is 1.80 bits per heavy atom. The maximum atomic E-state index is 10.5. The first-order chi connectivity index (χ1) is 6.85. The second kappa shape index (κ2) is 7.16. The molecule has 2 N–H and O–H groups in total. The van der Waals surface area contributed by atoms with Crippen LogP contribution in [0.4, 0.5) is 0 Å². The predicted octanol–water partition coefficient (Wildman–Crippen LogP) is 0.215. The zero-order valence-electron chi connectivity index (χ0n) is 9.39. The Morgan fingerprint density at radius 1 is 1.20 bits per heavy atom. The normalized spacial score (nSPS) is 12.7. The fraction of sp³-hybridized carbons (Fsp3) is 1.00. The lowest BCUT2D eigenvalue weighted by Crippen LogP contribution is -2.33. The van der Waals surface area contributed by atoms with Crippen LogP contribution in [0.2, 0.25) is 0 Å². The molecule has 0 aliphatic rings. The number of nitrogens with zero attached hydrogens (tertiary/aromatic N) is 1. The lowest BCUT2D eigenvalue weighted by Gasteiger charge is -2.21. The van der Waals surface area contributed by atoms with E-state index in [9.17, 15) is 8.42 Å². The summed E-state index contributed by atoms with van der Waals surface area (Å²) >= 11 is 0. The molecule has 0 bridgehead atoms. The molecule has 0 aliphatic heterocycles. The SMILES string of the molecule is CC(C)CCN(CCO)CCS(=O)(=O)O. The summed E-state index contributed by atoms with van der Waals surface area (Å²) < 4.78 is 29.7. The Morgan fingerprint density at radius 3 is 2.20 bits per heavy atom. The van der Waals surface area contributed by atoms with Crippen LogP contribution in [0.1, 0.15) is 20.3 Å². The molecule has 0 saturated carbocycles. The Labute approximate surface area is 91.8 Å². The van der Waals surface area contributed by atoms with Gasteiger partial charge in [0, 0.05) is 13.1 Å². The summed E-state index contributed by atoms with van der Waals surface area (Å²) in [6.45, 7) is 5.63. The molecule has 5 nitrogen and oxygen atoms in total. The standard InChI is InChI=1S/C9H21NO4S/c1-9(2)3-4-10(5-7-11)6-8-15(12,13)14/h9,11H,3-8H2,1-2H3,(H,12,13,14). The quantitative estimate of drug-likeness (QED) is 0.592. The van der Waals surface area contributed by atoms with E-state index < -0.39 is 10.1 Å². The van der Waals surface area contributed by atoms with Crippen LogP contribution in [0.5, 0.6) is 0 Å². The second-order valence-corrected chi connectivity index (χ2v) is 5.61. The number of aliphatic hydroxyl groups excluding tert-OH is 1. The summed E-state index contributed by atoms with van der Waals surface area (Å²) in [6, 6.07) is 0. The van der Waals surface area contributed by atoms with E-state index in [1.165, 1.54) is 0 Å². The summed E-state index contributed by atoms with van der Waals surface area (Å²) in [7, 11) is -3.90. The predicted molar refractivity (Wildman–Crippen MR) is 59.4 cm³/mol. The molecule has 6 heteroatoms. The number of rotatable bonds is 8. The average molecular weight is 239 g/mol. The van der Waals surface area contributed by atoms with Crippen LogP contribution in [0, 0.1) is 5.92 Å². The molecule has 0 spiro atoms. The van der Waals surface area contributed by atoms with E-state index in [0.29, 0.717) is 12.5 Å². The molecule has 0 fully saturated rings. The highest BCUT2D eigenvalue weighted by Crippen LogP contribution is 2.02. The summed E-state index contributed by atoms with van der Waals surface area (Å²) in [5.74, 6) is 0.266. The Hall–Kier alpha value is -0.170. The van der Waals surface area contributed by atoms with E-state index in [1.807, 2.05) is 4.90 Å². The Bertz CT molecular complexity index is 251. The lowest BCUT2D eigenvalue weighted by atomic mass is 10.1. The molecule has 0 atom stereocenters. The third-order valence-electron chi connectivity index (χ3n) is 2.10. The van der Waals surface area contributed by atoms with Gasteiger partial charge in [0.25, 0.3) is 10.1 Å². The number of aliphatic hydroxyl groups is 1. The highest BCUT2D eigenvalue weighted by atomic mass is 32.2. The highest BCUT2D eigenvalue weighted by molar-refractivity contribution is 7.85. The van der Waals surface area contributed by atoms with Crippen LogP contribution in [0.25, 0.3) is 0 Å². The van der Waals surface area contributed by atoms with Gasteiger partial charge >= 0.3 is 0 Å². The van der Waals surface area contributed by atoms with Gasteiger partial charge in [-0.15, -0.1) is 0 Å². The van der Waals surface area contributed by atoms with Crippen molar-refractivity contribution in [3.63, 3.8) is 0 Å². The van der Waals surface area contributed by atoms with E-state index in [-0.39, 0.29) is 18.9 Å². The molecule has 0 rings (SSSR count). The lowest BCUT2D eigenvalue weighted by molar-refractivity contribution is 0.195. The molecule has 15 heavy (non-hydrogen) atoms. The fourth-order valence-electron chi connectivity index (χ4n) is 1.16. The highest BCUT2D eigenvalue weighted by Gasteiger charge is 2.10. The van der Waals surface area contributed by atoms with Gasteiger partial charge in [-0.25, -0.2) is 0 Å². The molecule has 92 valence electrons. The summed E-state index contributed by atoms with van der Waals surface area (Å²) in [5.41, 5.74) is 0. The fourth-order valence-corrected chi connectivity index (χ4v) is 1.65. The minimum atomic E-state index is -3.90. The van der Waals surface area contributed by atoms with E-state index >= 15 is 0 Å². The number of hydrogen-bond acceptors (Lipinski definition) is 4. The molecule has 0 radical (unpaired) electrons. The van der Waals surface area contributed by atoms with Gasteiger partial charge in [-0.2, -0.15) is 8.42 Å². The molecule has 0 aromatic heterocycles. The molecular formula is C9H21NO4S. The minimum Gasteiger partial charge on any atom is -0.395 e. The molecule has 0 heterocycles. The first-order valence-electron chi connectivity index (χ1n) is 5.13. The van der Waals surface area contributed by atoms with Gasteiger partial charge in [0.05, 0.1) is 12.4 Å². The van der Waals surface area contributed by atoms with E-state index in [4.69, 9.17) is 9.66 Å². The smallest absolute Gasteiger partial charge is 0.266 e. The van der Waals surface area contributed by atoms with Crippen molar-refractivity contribution in [2.75, 3.05) is 32.0 Å². The van der Waals surface area contributed by atoms with Gasteiger partial charge in [-0.3, -0.25) is 9.45 Å². The van der Waals surface area contributed by atoms with Gasteiger partial charge in [0.15, 0.2) is 0 Å². The van der Waals surface area contributed by atoms with Crippen LogP contribution in [0.3, 0.4) is 0 Å². The third-order valence-corrected chi connectivity index (χ3v) is 2.80. The van der Waals surface area contributed by atoms with Crippen molar-refractivity contribution in [2.24, 2.45) is 5.92 Å². The van der Waals surface area contributed by atoms with Crippen LogP contribution in [-0.4, -0.2) is 55.0 Å². The molecule has 0 aromatic carbocycles. The topological polar surface area (TPSA) is 77.8 Å². The van der Waals surface area contributed by atoms with E-state index in [2.05, 4.69) is 13.8 Å². The van der Waals surface area contributed by atoms with Crippen LogP contribution < -0.4 is 0 Å². The summed E-state index contributed by atoms with van der Waals surface area (Å²) in [6.07, 6.45) is 0.950. The van der Waals surface area contributed by atoms with Gasteiger partial charge in [-0.05, 0) is 18.9 Å². The number of hydrogen-bond donors (Lipinski definition) is 2. The first kappa shape index (κ1) is 14.8.